The fourth-order valence-electron chi connectivity index (χ4n) is 3.30. The van der Waals surface area contributed by atoms with Crippen molar-refractivity contribution >= 4 is 34.5 Å². The van der Waals surface area contributed by atoms with Gasteiger partial charge in [0.15, 0.2) is 11.5 Å². The van der Waals surface area contributed by atoms with Crippen molar-refractivity contribution < 1.29 is 24.2 Å². The molecule has 4 rings (SSSR count). The van der Waals surface area contributed by atoms with E-state index in [4.69, 9.17) is 14.6 Å². The maximum absolute atomic E-state index is 12.8. The molecule has 1 aliphatic rings. The Morgan fingerprint density at radius 3 is 2.62 bits per heavy atom. The van der Waals surface area contributed by atoms with Gasteiger partial charge in [0, 0.05) is 5.75 Å². The van der Waals surface area contributed by atoms with Gasteiger partial charge in [-0.3, -0.25) is 10.1 Å². The molecule has 2 N–H and O–H groups in total. The summed E-state index contributed by atoms with van der Waals surface area (Å²) in [4.78, 5) is 23.9. The average molecular weight is 409 g/mol. The van der Waals surface area contributed by atoms with Crippen LogP contribution in [0, 0.1) is 0 Å². The van der Waals surface area contributed by atoms with Crippen molar-refractivity contribution in [2.75, 3.05) is 12.9 Å². The molecule has 1 heterocycles. The monoisotopic (exact) mass is 409 g/mol. The Hall–Kier alpha value is -3.03. The van der Waals surface area contributed by atoms with Gasteiger partial charge in [-0.05, 0) is 34.5 Å². The van der Waals surface area contributed by atoms with E-state index in [1.807, 2.05) is 42.5 Å². The van der Waals surface area contributed by atoms with Crippen LogP contribution >= 0.6 is 11.8 Å². The molecule has 7 heteroatoms. The Kier molecular flexibility index (Phi) is 5.42. The van der Waals surface area contributed by atoms with Gasteiger partial charge < -0.3 is 14.6 Å². The lowest BCUT2D eigenvalue weighted by molar-refractivity contribution is -0.138. The zero-order chi connectivity index (χ0) is 20.4. The number of carboxylic acids is 1. The van der Waals surface area contributed by atoms with E-state index in [0.717, 1.165) is 16.3 Å². The van der Waals surface area contributed by atoms with E-state index in [1.165, 1.54) is 18.9 Å². The van der Waals surface area contributed by atoms with Gasteiger partial charge in [-0.15, -0.1) is 11.8 Å². The summed E-state index contributed by atoms with van der Waals surface area (Å²) < 4.78 is 11.0. The summed E-state index contributed by atoms with van der Waals surface area (Å²) >= 11 is 1.51. The number of carbonyl (C=O) groups is 2. The molecule has 2 atom stereocenters. The predicted octanol–water partition coefficient (Wildman–Crippen LogP) is 3.86. The van der Waals surface area contributed by atoms with Crippen molar-refractivity contribution in [1.29, 1.82) is 0 Å². The third-order valence-corrected chi connectivity index (χ3v) is 6.05. The number of nitrogens with one attached hydrogen (secondary N) is 1. The molecule has 0 amide bonds. The number of hydrogen-bond donors (Lipinski definition) is 2. The minimum Gasteiger partial charge on any atom is -0.493 e. The zero-order valence-electron chi connectivity index (χ0n) is 15.6. The van der Waals surface area contributed by atoms with Gasteiger partial charge in [0.1, 0.15) is 6.04 Å². The summed E-state index contributed by atoms with van der Waals surface area (Å²) in [5.41, 5.74) is 1.34. The number of aliphatic carboxylic acids is 1. The molecule has 6 nitrogen and oxygen atoms in total. The number of ether oxygens (including phenoxy) is 2. The van der Waals surface area contributed by atoms with Crippen molar-refractivity contribution in [3.8, 4) is 11.5 Å². The van der Waals surface area contributed by atoms with Crippen molar-refractivity contribution in [3.63, 3.8) is 0 Å². The predicted molar refractivity (Wildman–Crippen MR) is 112 cm³/mol. The van der Waals surface area contributed by atoms with E-state index in [2.05, 4.69) is 5.32 Å². The van der Waals surface area contributed by atoms with Crippen LogP contribution in [0.2, 0.25) is 0 Å². The molecular weight excluding hydrogens is 390 g/mol. The molecule has 0 bridgehead atoms. The molecule has 148 valence electrons. The lowest BCUT2D eigenvalue weighted by Crippen LogP contribution is -2.33. The molecule has 29 heavy (non-hydrogen) atoms. The highest BCUT2D eigenvalue weighted by molar-refractivity contribution is 7.99. The molecule has 3 aromatic carbocycles. The smallest absolute Gasteiger partial charge is 0.344 e. The summed E-state index contributed by atoms with van der Waals surface area (Å²) in [7, 11) is 1.50. The normalized spacial score (nSPS) is 18.5. The molecule has 0 aromatic heterocycles. The molecule has 3 aromatic rings. The van der Waals surface area contributed by atoms with E-state index < -0.39 is 18.0 Å². The Labute approximate surface area is 171 Å². The Morgan fingerprint density at radius 2 is 1.86 bits per heavy atom. The fourth-order valence-corrected chi connectivity index (χ4v) is 4.52. The second-order valence-electron chi connectivity index (χ2n) is 6.60. The number of carboxylic acid groups (broad SMARTS) is 1. The minimum absolute atomic E-state index is 0.159. The van der Waals surface area contributed by atoms with Crippen LogP contribution in [0.3, 0.4) is 0 Å². The van der Waals surface area contributed by atoms with Gasteiger partial charge >= 0.3 is 11.9 Å². The Morgan fingerprint density at radius 1 is 1.07 bits per heavy atom. The third kappa shape index (κ3) is 3.92. The maximum Gasteiger partial charge on any atom is 0.344 e. The zero-order valence-corrected chi connectivity index (χ0v) is 16.4. The molecule has 1 fully saturated rings. The van der Waals surface area contributed by atoms with Crippen molar-refractivity contribution in [3.05, 3.63) is 71.8 Å². The standard InChI is InChI=1S/C22H19NO5S/c1-27-19-11-14(20-23-17(12-29-20)21(24)25)9-10-18(19)28-22(26)16-8-4-6-13-5-2-3-7-15(13)16/h2-11,17,20,23H,12H2,1H3,(H,24,25). The maximum atomic E-state index is 12.8. The Balaban J connectivity index is 1.57. The van der Waals surface area contributed by atoms with Crippen LogP contribution in [0.1, 0.15) is 21.3 Å². The van der Waals surface area contributed by atoms with Crippen molar-refractivity contribution in [2.24, 2.45) is 0 Å². The summed E-state index contributed by atoms with van der Waals surface area (Å²) in [6.07, 6.45) is 0. The summed E-state index contributed by atoms with van der Waals surface area (Å²) in [6, 6.07) is 17.8. The lowest BCUT2D eigenvalue weighted by Gasteiger charge is -2.15. The number of carbonyl (C=O) groups excluding carboxylic acids is 1. The van der Waals surface area contributed by atoms with Crippen LogP contribution in [0.4, 0.5) is 0 Å². The molecule has 0 aliphatic carbocycles. The van der Waals surface area contributed by atoms with Crippen LogP contribution in [0.25, 0.3) is 10.8 Å². The second-order valence-corrected chi connectivity index (χ2v) is 7.74. The molecule has 0 saturated carbocycles. The molecule has 1 aliphatic heterocycles. The van der Waals surface area contributed by atoms with Gasteiger partial charge in [0.2, 0.25) is 0 Å². The SMILES string of the molecule is COc1cc(C2NC(C(=O)O)CS2)ccc1OC(=O)c1cccc2ccccc12. The minimum atomic E-state index is -0.868. The summed E-state index contributed by atoms with van der Waals surface area (Å²) in [5, 5.41) is 13.8. The number of methoxy groups -OCH3 is 1. The Bertz CT molecular complexity index is 1080. The first kappa shape index (κ1) is 19.3. The highest BCUT2D eigenvalue weighted by Crippen LogP contribution is 2.37. The van der Waals surface area contributed by atoms with E-state index in [0.29, 0.717) is 22.8 Å². The van der Waals surface area contributed by atoms with E-state index >= 15 is 0 Å². The van der Waals surface area contributed by atoms with Gasteiger partial charge in [-0.2, -0.15) is 0 Å². The first-order valence-corrected chi connectivity index (χ1v) is 10.1. The third-order valence-electron chi connectivity index (χ3n) is 4.78. The molecule has 0 radical (unpaired) electrons. The number of hydrogen-bond acceptors (Lipinski definition) is 6. The van der Waals surface area contributed by atoms with Gasteiger partial charge in [-0.25, -0.2) is 4.79 Å². The highest BCUT2D eigenvalue weighted by Gasteiger charge is 2.30. The van der Waals surface area contributed by atoms with E-state index in [9.17, 15) is 9.59 Å². The quantitative estimate of drug-likeness (QED) is 0.489. The molecule has 0 spiro atoms. The number of benzene rings is 3. The summed E-state index contributed by atoms with van der Waals surface area (Å²) in [5.74, 6) is -0.121. The first-order chi connectivity index (χ1) is 14.1. The van der Waals surface area contributed by atoms with Crippen LogP contribution in [0.15, 0.2) is 60.7 Å². The second kappa shape index (κ2) is 8.14. The lowest BCUT2D eigenvalue weighted by atomic mass is 10.0. The van der Waals surface area contributed by atoms with Crippen LogP contribution in [-0.2, 0) is 4.79 Å². The van der Waals surface area contributed by atoms with E-state index in [-0.39, 0.29) is 5.37 Å². The highest BCUT2D eigenvalue weighted by atomic mass is 32.2. The topological polar surface area (TPSA) is 84.9 Å². The molecular formula is C22H19NO5S. The number of rotatable bonds is 5. The van der Waals surface area contributed by atoms with Crippen molar-refractivity contribution in [2.45, 2.75) is 11.4 Å². The van der Waals surface area contributed by atoms with Crippen LogP contribution < -0.4 is 14.8 Å². The largest absolute Gasteiger partial charge is 0.493 e. The first-order valence-electron chi connectivity index (χ1n) is 9.05. The van der Waals surface area contributed by atoms with Gasteiger partial charge in [0.05, 0.1) is 18.0 Å². The van der Waals surface area contributed by atoms with Gasteiger partial charge in [-0.1, -0.05) is 42.5 Å². The molecule has 2 unspecified atom stereocenters. The van der Waals surface area contributed by atoms with E-state index in [1.54, 1.807) is 18.2 Å². The van der Waals surface area contributed by atoms with Crippen LogP contribution in [-0.4, -0.2) is 35.9 Å². The number of thioether (sulfide) groups is 1. The van der Waals surface area contributed by atoms with Crippen molar-refractivity contribution in [1.82, 2.24) is 5.32 Å². The average Bonchev–Trinajstić information content (AvgIpc) is 3.24. The van der Waals surface area contributed by atoms with Gasteiger partial charge in [0.25, 0.3) is 0 Å². The summed E-state index contributed by atoms with van der Waals surface area (Å²) in [6.45, 7) is 0. The van der Waals surface area contributed by atoms with Crippen LogP contribution in [0.5, 0.6) is 11.5 Å². The molecule has 1 saturated heterocycles. The number of fused-ring (bicyclic) bond motifs is 1. The fraction of sp³-hybridized carbons (Fsp3) is 0.182. The number of esters is 1.